The van der Waals surface area contributed by atoms with Gasteiger partial charge in [-0.3, -0.25) is 9.69 Å². The molecule has 0 bridgehead atoms. The summed E-state index contributed by atoms with van der Waals surface area (Å²) < 4.78 is 0. The van der Waals surface area contributed by atoms with Crippen molar-refractivity contribution >= 4 is 28.5 Å². The lowest BCUT2D eigenvalue weighted by Crippen LogP contribution is -2.23. The van der Waals surface area contributed by atoms with Crippen molar-refractivity contribution in [2.24, 2.45) is 5.92 Å². The van der Waals surface area contributed by atoms with Crippen molar-refractivity contribution in [3.63, 3.8) is 0 Å². The summed E-state index contributed by atoms with van der Waals surface area (Å²) >= 11 is 2.99. The van der Waals surface area contributed by atoms with Crippen molar-refractivity contribution in [2.75, 3.05) is 13.1 Å². The van der Waals surface area contributed by atoms with E-state index in [0.717, 1.165) is 47.3 Å². The fraction of sp³-hybridized carbons (Fsp3) is 0.381. The van der Waals surface area contributed by atoms with Crippen LogP contribution >= 0.6 is 22.7 Å². The van der Waals surface area contributed by atoms with Gasteiger partial charge in [0, 0.05) is 24.4 Å². The molecule has 0 spiro atoms. The maximum atomic E-state index is 12.8. The molecule has 1 aliphatic heterocycles. The Morgan fingerprint density at radius 2 is 2.07 bits per heavy atom. The lowest BCUT2D eigenvalue weighted by Gasteiger charge is -2.15. The van der Waals surface area contributed by atoms with Crippen LogP contribution in [0.2, 0.25) is 0 Å². The number of aliphatic hydroxyl groups is 1. The van der Waals surface area contributed by atoms with Crippen molar-refractivity contribution in [1.29, 1.82) is 0 Å². The highest BCUT2D eigenvalue weighted by Crippen LogP contribution is 2.31. The van der Waals surface area contributed by atoms with Crippen molar-refractivity contribution in [2.45, 2.75) is 32.9 Å². The molecule has 0 aliphatic carbocycles. The summed E-state index contributed by atoms with van der Waals surface area (Å²) in [5, 5.41) is 12.8. The van der Waals surface area contributed by atoms with E-state index in [1.165, 1.54) is 28.2 Å². The topological polar surface area (TPSA) is 66.3 Å². The van der Waals surface area contributed by atoms with Crippen LogP contribution in [0, 0.1) is 12.8 Å². The second-order valence-corrected chi connectivity index (χ2v) is 9.18. The number of rotatable bonds is 7. The van der Waals surface area contributed by atoms with Crippen LogP contribution in [-0.2, 0) is 24.4 Å². The Morgan fingerprint density at radius 1 is 1.25 bits per heavy atom. The Balaban J connectivity index is 1.35. The van der Waals surface area contributed by atoms with Gasteiger partial charge in [-0.2, -0.15) is 0 Å². The second-order valence-electron chi connectivity index (χ2n) is 7.16. The van der Waals surface area contributed by atoms with Crippen molar-refractivity contribution < 1.29 is 9.90 Å². The molecule has 0 amide bonds. The highest BCUT2D eigenvalue weighted by molar-refractivity contribution is 7.16. The average molecular weight is 414 g/mol. The number of carbonyl (C=O) groups is 1. The molecule has 1 saturated heterocycles. The summed E-state index contributed by atoms with van der Waals surface area (Å²) in [4.78, 5) is 25.1. The third-order valence-corrected chi connectivity index (χ3v) is 7.08. The summed E-state index contributed by atoms with van der Waals surface area (Å²) in [6.45, 7) is 4.58. The molecule has 2 aromatic heterocycles. The van der Waals surface area contributed by atoms with E-state index in [0.29, 0.717) is 11.4 Å². The van der Waals surface area contributed by atoms with Crippen LogP contribution in [0.15, 0.2) is 35.7 Å². The number of ketones is 1. The minimum Gasteiger partial charge on any atom is -0.389 e. The van der Waals surface area contributed by atoms with Gasteiger partial charge in [-0.15, -0.1) is 22.7 Å². The number of nitrogens with zero attached hydrogens (tertiary/aromatic N) is 3. The number of aromatic nitrogens is 2. The van der Waals surface area contributed by atoms with Gasteiger partial charge in [0.15, 0.2) is 0 Å². The minimum absolute atomic E-state index is 0.0534. The van der Waals surface area contributed by atoms with E-state index in [1.807, 2.05) is 18.4 Å². The first-order valence-corrected chi connectivity index (χ1v) is 11.1. The van der Waals surface area contributed by atoms with E-state index < -0.39 is 0 Å². The zero-order valence-corrected chi connectivity index (χ0v) is 17.4. The van der Waals surface area contributed by atoms with Gasteiger partial charge in [0.2, 0.25) is 0 Å². The monoisotopic (exact) mass is 413 g/mol. The molecule has 7 heteroatoms. The highest BCUT2D eigenvalue weighted by Gasteiger charge is 2.28. The predicted molar refractivity (Wildman–Crippen MR) is 112 cm³/mol. The van der Waals surface area contributed by atoms with Crippen molar-refractivity contribution in [3.05, 3.63) is 57.0 Å². The second kappa shape index (κ2) is 8.61. The Bertz CT molecular complexity index is 952. The highest BCUT2D eigenvalue weighted by atomic mass is 32.1. The first-order chi connectivity index (χ1) is 13.6. The lowest BCUT2D eigenvalue weighted by atomic mass is 10.0. The number of carbonyl (C=O) groups excluding carboxylic acids is 1. The molecule has 1 unspecified atom stereocenters. The molecule has 4 rings (SSSR count). The van der Waals surface area contributed by atoms with E-state index in [9.17, 15) is 9.90 Å². The molecule has 5 nitrogen and oxygen atoms in total. The van der Waals surface area contributed by atoms with E-state index in [4.69, 9.17) is 0 Å². The van der Waals surface area contributed by atoms with Crippen LogP contribution in [0.5, 0.6) is 0 Å². The van der Waals surface area contributed by atoms with E-state index >= 15 is 0 Å². The molecule has 1 fully saturated rings. The zero-order valence-electron chi connectivity index (χ0n) is 15.8. The van der Waals surface area contributed by atoms with Gasteiger partial charge in [-0.25, -0.2) is 9.97 Å². The third-order valence-electron chi connectivity index (χ3n) is 5.06. The Morgan fingerprint density at radius 3 is 2.82 bits per heavy atom. The van der Waals surface area contributed by atoms with E-state index in [2.05, 4.69) is 39.1 Å². The summed E-state index contributed by atoms with van der Waals surface area (Å²) in [5.74, 6) is 0.385. The number of hydrogen-bond acceptors (Lipinski definition) is 7. The number of Topliss-reactive ketones (excluding diaryl/α,β-unsaturated/α-hetero) is 1. The Hall–Kier alpha value is -1.93. The van der Waals surface area contributed by atoms with Crippen LogP contribution < -0.4 is 0 Å². The Labute approximate surface area is 172 Å². The molecule has 0 radical (unpaired) electrons. The van der Waals surface area contributed by atoms with Gasteiger partial charge in [0.1, 0.15) is 15.8 Å². The number of thiazole rings is 2. The molecule has 1 N–H and O–H groups in total. The first kappa shape index (κ1) is 19.4. The number of hydrogen-bond donors (Lipinski definition) is 1. The van der Waals surface area contributed by atoms with Crippen molar-refractivity contribution in [1.82, 2.24) is 14.9 Å². The van der Waals surface area contributed by atoms with Gasteiger partial charge in [0.05, 0.1) is 29.3 Å². The molecule has 3 heterocycles. The standard InChI is InChI=1S/C21H23N3O2S2/c1-14-21(28-20(12-25)22-14)17-13-27-19(23-17)9-18(26)16-7-8-24(11-16)10-15-5-3-2-4-6-15/h2-6,13,16,25H,7-12H2,1H3. The van der Waals surface area contributed by atoms with Crippen LogP contribution in [0.3, 0.4) is 0 Å². The van der Waals surface area contributed by atoms with Crippen LogP contribution in [0.1, 0.15) is 27.7 Å². The van der Waals surface area contributed by atoms with E-state index in [1.54, 1.807) is 0 Å². The summed E-state index contributed by atoms with van der Waals surface area (Å²) in [6.07, 6.45) is 1.33. The molecule has 28 heavy (non-hydrogen) atoms. The fourth-order valence-corrected chi connectivity index (χ4v) is 5.38. The normalized spacial score (nSPS) is 17.3. The summed E-state index contributed by atoms with van der Waals surface area (Å²) in [7, 11) is 0. The first-order valence-electron chi connectivity index (χ1n) is 9.43. The molecular formula is C21H23N3O2S2. The summed E-state index contributed by atoms with van der Waals surface area (Å²) in [5.41, 5.74) is 3.03. The SMILES string of the molecule is Cc1nc(CO)sc1-c1csc(CC(=O)C2CCN(Cc3ccccc3)C2)n1. The van der Waals surface area contributed by atoms with Crippen LogP contribution in [0.25, 0.3) is 10.6 Å². The zero-order chi connectivity index (χ0) is 19.5. The van der Waals surface area contributed by atoms with E-state index in [-0.39, 0.29) is 18.3 Å². The number of likely N-dealkylation sites (tertiary alicyclic amines) is 1. The molecular weight excluding hydrogens is 390 g/mol. The smallest absolute Gasteiger partial charge is 0.144 e. The third kappa shape index (κ3) is 4.38. The maximum Gasteiger partial charge on any atom is 0.144 e. The van der Waals surface area contributed by atoms with Crippen molar-refractivity contribution in [3.8, 4) is 10.6 Å². The number of aliphatic hydroxyl groups excluding tert-OH is 1. The average Bonchev–Trinajstić information content (AvgIpc) is 3.42. The quantitative estimate of drug-likeness (QED) is 0.640. The lowest BCUT2D eigenvalue weighted by molar-refractivity contribution is -0.121. The molecule has 1 aromatic carbocycles. The van der Waals surface area contributed by atoms with Gasteiger partial charge >= 0.3 is 0 Å². The number of benzene rings is 1. The molecule has 1 aliphatic rings. The summed E-state index contributed by atoms with van der Waals surface area (Å²) in [6, 6.07) is 10.4. The van der Waals surface area contributed by atoms with Crippen LogP contribution in [-0.4, -0.2) is 38.8 Å². The van der Waals surface area contributed by atoms with Gasteiger partial charge in [-0.1, -0.05) is 30.3 Å². The molecule has 1 atom stereocenters. The maximum absolute atomic E-state index is 12.8. The largest absolute Gasteiger partial charge is 0.389 e. The number of aryl methyl sites for hydroxylation is 1. The van der Waals surface area contributed by atoms with Gasteiger partial charge < -0.3 is 5.11 Å². The molecule has 3 aromatic rings. The van der Waals surface area contributed by atoms with Crippen LogP contribution in [0.4, 0.5) is 0 Å². The van der Waals surface area contributed by atoms with Gasteiger partial charge in [0.25, 0.3) is 0 Å². The Kier molecular flexibility index (Phi) is 5.96. The fourth-order valence-electron chi connectivity index (χ4n) is 3.63. The molecule has 0 saturated carbocycles. The van der Waals surface area contributed by atoms with Gasteiger partial charge in [-0.05, 0) is 25.5 Å². The predicted octanol–water partition coefficient (Wildman–Crippen LogP) is 3.70. The molecule has 146 valence electrons. The minimum atomic E-state index is -0.0534.